The molecule has 4 rings (SSSR count). The van der Waals surface area contributed by atoms with Gasteiger partial charge < -0.3 is 9.73 Å². The maximum absolute atomic E-state index is 12.6. The summed E-state index contributed by atoms with van der Waals surface area (Å²) >= 11 is 6.03. The van der Waals surface area contributed by atoms with E-state index in [1.807, 2.05) is 12.1 Å². The first-order valence-corrected chi connectivity index (χ1v) is 11.1. The lowest BCUT2D eigenvalue weighted by Gasteiger charge is -2.11. The molecule has 0 fully saturated rings. The number of nitrogens with one attached hydrogen (secondary N) is 1. The van der Waals surface area contributed by atoms with Crippen molar-refractivity contribution in [2.45, 2.75) is 4.90 Å². The number of carbonyl (C=O) groups is 1. The van der Waals surface area contributed by atoms with Gasteiger partial charge in [0, 0.05) is 42.0 Å². The molecule has 3 aromatic carbocycles. The Morgan fingerprint density at radius 1 is 1.03 bits per heavy atom. The SMILES string of the molecule is CN(C)S(=O)(=O)c1ccc(C(=O)Nc2ccc3nc(-c4cccc(Cl)c4)oc3c2)cc1. The van der Waals surface area contributed by atoms with Gasteiger partial charge in [-0.1, -0.05) is 17.7 Å². The Morgan fingerprint density at radius 2 is 1.77 bits per heavy atom. The second kappa shape index (κ2) is 8.14. The lowest BCUT2D eigenvalue weighted by molar-refractivity contribution is 0.102. The van der Waals surface area contributed by atoms with Crippen LogP contribution in [0.15, 0.2) is 76.0 Å². The molecule has 0 bridgehead atoms. The molecule has 0 saturated carbocycles. The van der Waals surface area contributed by atoms with E-state index in [-0.39, 0.29) is 10.8 Å². The quantitative estimate of drug-likeness (QED) is 0.472. The minimum absolute atomic E-state index is 0.116. The van der Waals surface area contributed by atoms with E-state index in [0.717, 1.165) is 9.87 Å². The van der Waals surface area contributed by atoms with Crippen LogP contribution in [0.4, 0.5) is 5.69 Å². The Morgan fingerprint density at radius 3 is 2.45 bits per heavy atom. The van der Waals surface area contributed by atoms with Crippen molar-refractivity contribution in [1.29, 1.82) is 0 Å². The number of benzene rings is 3. The fraction of sp³-hybridized carbons (Fsp3) is 0.0909. The van der Waals surface area contributed by atoms with Gasteiger partial charge in [0.2, 0.25) is 15.9 Å². The van der Waals surface area contributed by atoms with Crippen LogP contribution in [0.2, 0.25) is 5.02 Å². The van der Waals surface area contributed by atoms with Gasteiger partial charge in [0.05, 0.1) is 4.90 Å². The molecule has 1 heterocycles. The van der Waals surface area contributed by atoms with Crippen LogP contribution in [0.25, 0.3) is 22.6 Å². The number of carbonyl (C=O) groups excluding carboxylic acids is 1. The van der Waals surface area contributed by atoms with Crippen molar-refractivity contribution >= 4 is 44.3 Å². The third-order valence-corrected chi connectivity index (χ3v) is 6.68. The molecule has 4 aromatic rings. The minimum Gasteiger partial charge on any atom is -0.436 e. The van der Waals surface area contributed by atoms with Gasteiger partial charge in [-0.15, -0.1) is 0 Å². The van der Waals surface area contributed by atoms with Gasteiger partial charge in [-0.3, -0.25) is 4.79 Å². The van der Waals surface area contributed by atoms with E-state index < -0.39 is 10.0 Å². The van der Waals surface area contributed by atoms with Gasteiger partial charge in [-0.05, 0) is 54.6 Å². The summed E-state index contributed by atoms with van der Waals surface area (Å²) in [7, 11) is -0.648. The second-order valence-electron chi connectivity index (χ2n) is 6.98. The van der Waals surface area contributed by atoms with E-state index in [2.05, 4.69) is 10.3 Å². The zero-order chi connectivity index (χ0) is 22.2. The van der Waals surface area contributed by atoms with Crippen molar-refractivity contribution in [3.8, 4) is 11.5 Å². The van der Waals surface area contributed by atoms with E-state index in [9.17, 15) is 13.2 Å². The largest absolute Gasteiger partial charge is 0.436 e. The van der Waals surface area contributed by atoms with Crippen LogP contribution < -0.4 is 5.32 Å². The van der Waals surface area contributed by atoms with Crippen LogP contribution in [-0.2, 0) is 10.0 Å². The topological polar surface area (TPSA) is 92.5 Å². The highest BCUT2D eigenvalue weighted by atomic mass is 35.5. The molecule has 0 spiro atoms. The number of hydrogen-bond donors (Lipinski definition) is 1. The fourth-order valence-corrected chi connectivity index (χ4v) is 4.03. The van der Waals surface area contributed by atoms with E-state index in [1.165, 1.54) is 38.4 Å². The summed E-state index contributed by atoms with van der Waals surface area (Å²) in [5.74, 6) is 0.0568. The van der Waals surface area contributed by atoms with Crippen molar-refractivity contribution in [2.75, 3.05) is 19.4 Å². The fourth-order valence-electron chi connectivity index (χ4n) is 2.94. The third kappa shape index (κ3) is 4.32. The molecule has 0 atom stereocenters. The van der Waals surface area contributed by atoms with E-state index >= 15 is 0 Å². The van der Waals surface area contributed by atoms with Crippen molar-refractivity contribution in [3.05, 3.63) is 77.3 Å². The summed E-state index contributed by atoms with van der Waals surface area (Å²) in [6, 6.07) is 18.1. The smallest absolute Gasteiger partial charge is 0.255 e. The summed E-state index contributed by atoms with van der Waals surface area (Å²) < 4.78 is 31.2. The van der Waals surface area contributed by atoms with E-state index in [4.69, 9.17) is 16.0 Å². The first kappa shape index (κ1) is 21.0. The van der Waals surface area contributed by atoms with Crippen LogP contribution in [0.1, 0.15) is 10.4 Å². The van der Waals surface area contributed by atoms with Crippen molar-refractivity contribution in [3.63, 3.8) is 0 Å². The molecule has 0 unspecified atom stereocenters. The van der Waals surface area contributed by atoms with E-state index in [0.29, 0.717) is 33.3 Å². The van der Waals surface area contributed by atoms with Crippen LogP contribution in [0.3, 0.4) is 0 Å². The second-order valence-corrected chi connectivity index (χ2v) is 9.57. The molecule has 158 valence electrons. The van der Waals surface area contributed by atoms with Gasteiger partial charge in [-0.25, -0.2) is 17.7 Å². The molecule has 0 radical (unpaired) electrons. The number of oxazole rings is 1. The van der Waals surface area contributed by atoms with Crippen molar-refractivity contribution in [2.24, 2.45) is 0 Å². The maximum atomic E-state index is 12.6. The number of halogens is 1. The predicted octanol–water partition coefficient (Wildman–Crippen LogP) is 4.65. The highest BCUT2D eigenvalue weighted by molar-refractivity contribution is 7.89. The van der Waals surface area contributed by atoms with Gasteiger partial charge in [0.15, 0.2) is 5.58 Å². The molecule has 0 aliphatic rings. The van der Waals surface area contributed by atoms with Crippen molar-refractivity contribution < 1.29 is 17.6 Å². The summed E-state index contributed by atoms with van der Waals surface area (Å²) in [6.45, 7) is 0. The Hall–Kier alpha value is -3.20. The first-order chi connectivity index (χ1) is 14.7. The number of nitrogens with zero attached hydrogens (tertiary/aromatic N) is 2. The van der Waals surface area contributed by atoms with Gasteiger partial charge in [0.25, 0.3) is 5.91 Å². The van der Waals surface area contributed by atoms with Crippen molar-refractivity contribution in [1.82, 2.24) is 9.29 Å². The normalized spacial score (nSPS) is 11.7. The first-order valence-electron chi connectivity index (χ1n) is 9.24. The van der Waals surface area contributed by atoms with Gasteiger partial charge in [0.1, 0.15) is 5.52 Å². The van der Waals surface area contributed by atoms with Crippen LogP contribution in [0.5, 0.6) is 0 Å². The number of aromatic nitrogens is 1. The highest BCUT2D eigenvalue weighted by Crippen LogP contribution is 2.28. The van der Waals surface area contributed by atoms with Gasteiger partial charge in [-0.2, -0.15) is 0 Å². The molecule has 1 N–H and O–H groups in total. The maximum Gasteiger partial charge on any atom is 0.255 e. The molecule has 9 heteroatoms. The zero-order valence-electron chi connectivity index (χ0n) is 16.7. The standard InChI is InChI=1S/C22H18ClN3O4S/c1-26(2)31(28,29)18-9-6-14(7-10-18)21(27)24-17-8-11-19-20(13-17)30-22(25-19)15-4-3-5-16(23)12-15/h3-13H,1-2H3,(H,24,27). The molecule has 0 aliphatic heterocycles. The highest BCUT2D eigenvalue weighted by Gasteiger charge is 2.18. The lowest BCUT2D eigenvalue weighted by Crippen LogP contribution is -2.22. The molecule has 1 aromatic heterocycles. The summed E-state index contributed by atoms with van der Waals surface area (Å²) in [5, 5.41) is 3.36. The van der Waals surface area contributed by atoms with Crippen LogP contribution >= 0.6 is 11.6 Å². The summed E-state index contributed by atoms with van der Waals surface area (Å²) in [6.07, 6.45) is 0. The number of hydrogen-bond acceptors (Lipinski definition) is 5. The number of rotatable bonds is 5. The predicted molar refractivity (Wildman–Crippen MR) is 120 cm³/mol. The monoisotopic (exact) mass is 455 g/mol. The zero-order valence-corrected chi connectivity index (χ0v) is 18.2. The van der Waals surface area contributed by atoms with E-state index in [1.54, 1.807) is 30.3 Å². The molecule has 1 amide bonds. The Bertz CT molecular complexity index is 1380. The molecular weight excluding hydrogens is 438 g/mol. The Balaban J connectivity index is 1.55. The summed E-state index contributed by atoms with van der Waals surface area (Å²) in [5.41, 5.74) is 2.76. The Kier molecular flexibility index (Phi) is 5.53. The summed E-state index contributed by atoms with van der Waals surface area (Å²) in [4.78, 5) is 17.1. The van der Waals surface area contributed by atoms with Crippen LogP contribution in [-0.4, -0.2) is 37.7 Å². The molecule has 0 saturated heterocycles. The van der Waals surface area contributed by atoms with Gasteiger partial charge >= 0.3 is 0 Å². The number of amides is 1. The number of fused-ring (bicyclic) bond motifs is 1. The lowest BCUT2D eigenvalue weighted by atomic mass is 10.2. The molecule has 31 heavy (non-hydrogen) atoms. The third-order valence-electron chi connectivity index (χ3n) is 4.61. The van der Waals surface area contributed by atoms with Crippen LogP contribution in [0, 0.1) is 0 Å². The Labute approximate surface area is 184 Å². The number of anilines is 1. The molecule has 7 nitrogen and oxygen atoms in total. The average Bonchev–Trinajstić information content (AvgIpc) is 3.17. The average molecular weight is 456 g/mol. The number of sulfonamides is 1. The molecular formula is C22H18ClN3O4S. The minimum atomic E-state index is -3.55. The molecule has 0 aliphatic carbocycles.